The molecule has 0 saturated heterocycles. The quantitative estimate of drug-likeness (QED) is 0.832. The standard InChI is InChI=1S/C12H23N3S/c1-8(14-7-12(4,5)6-13)11-9(2)15-10(3)16-11/h8,14H,6-7,13H2,1-5H3. The lowest BCUT2D eigenvalue weighted by atomic mass is 9.93. The molecular weight excluding hydrogens is 218 g/mol. The van der Waals surface area contributed by atoms with Gasteiger partial charge in [0.2, 0.25) is 0 Å². The number of aryl methyl sites for hydroxylation is 2. The minimum Gasteiger partial charge on any atom is -0.330 e. The highest BCUT2D eigenvalue weighted by Gasteiger charge is 2.18. The van der Waals surface area contributed by atoms with E-state index in [2.05, 4.69) is 44.9 Å². The van der Waals surface area contributed by atoms with Gasteiger partial charge in [-0.25, -0.2) is 4.98 Å². The second-order valence-electron chi connectivity index (χ2n) is 5.15. The van der Waals surface area contributed by atoms with Gasteiger partial charge in [-0.1, -0.05) is 13.8 Å². The van der Waals surface area contributed by atoms with E-state index >= 15 is 0 Å². The minimum atomic E-state index is 0.155. The van der Waals surface area contributed by atoms with Gasteiger partial charge >= 0.3 is 0 Å². The lowest BCUT2D eigenvalue weighted by Crippen LogP contribution is -2.36. The van der Waals surface area contributed by atoms with E-state index in [0.717, 1.165) is 17.2 Å². The maximum absolute atomic E-state index is 5.72. The summed E-state index contributed by atoms with van der Waals surface area (Å²) in [5.41, 5.74) is 7.02. The van der Waals surface area contributed by atoms with Gasteiger partial charge in [0.15, 0.2) is 0 Å². The van der Waals surface area contributed by atoms with Crippen molar-refractivity contribution in [2.45, 2.75) is 40.7 Å². The molecule has 92 valence electrons. The first-order valence-electron chi connectivity index (χ1n) is 5.73. The van der Waals surface area contributed by atoms with Crippen LogP contribution in [0.15, 0.2) is 0 Å². The van der Waals surface area contributed by atoms with Crippen molar-refractivity contribution in [1.29, 1.82) is 0 Å². The van der Waals surface area contributed by atoms with E-state index in [4.69, 9.17) is 5.73 Å². The average Bonchev–Trinajstić information content (AvgIpc) is 2.54. The summed E-state index contributed by atoms with van der Waals surface area (Å²) in [7, 11) is 0. The molecule has 3 nitrogen and oxygen atoms in total. The van der Waals surface area contributed by atoms with Crippen molar-refractivity contribution >= 4 is 11.3 Å². The first-order valence-corrected chi connectivity index (χ1v) is 6.55. The molecule has 1 aromatic heterocycles. The third-order valence-electron chi connectivity index (χ3n) is 2.77. The van der Waals surface area contributed by atoms with E-state index in [-0.39, 0.29) is 5.41 Å². The number of rotatable bonds is 5. The van der Waals surface area contributed by atoms with Gasteiger partial charge in [-0.3, -0.25) is 0 Å². The van der Waals surface area contributed by atoms with Gasteiger partial charge in [0, 0.05) is 17.5 Å². The molecule has 4 heteroatoms. The number of hydrogen-bond donors (Lipinski definition) is 2. The van der Waals surface area contributed by atoms with E-state index < -0.39 is 0 Å². The molecule has 1 rings (SSSR count). The highest BCUT2D eigenvalue weighted by atomic mass is 32.1. The Morgan fingerprint density at radius 1 is 1.44 bits per heavy atom. The lowest BCUT2D eigenvalue weighted by Gasteiger charge is -2.25. The van der Waals surface area contributed by atoms with Crippen molar-refractivity contribution in [3.8, 4) is 0 Å². The molecule has 0 aliphatic heterocycles. The summed E-state index contributed by atoms with van der Waals surface area (Å²) in [5, 5.41) is 4.67. The Kier molecular flexibility index (Phi) is 4.47. The largest absolute Gasteiger partial charge is 0.330 e. The number of nitrogens with one attached hydrogen (secondary N) is 1. The van der Waals surface area contributed by atoms with Crippen LogP contribution >= 0.6 is 11.3 Å². The van der Waals surface area contributed by atoms with Crippen LogP contribution in [0.2, 0.25) is 0 Å². The molecule has 1 unspecified atom stereocenters. The number of aromatic nitrogens is 1. The Balaban J connectivity index is 2.59. The molecule has 0 amide bonds. The molecule has 0 bridgehead atoms. The molecule has 0 aliphatic carbocycles. The number of nitrogens with zero attached hydrogens (tertiary/aromatic N) is 1. The molecule has 0 aromatic carbocycles. The van der Waals surface area contributed by atoms with Gasteiger partial charge in [-0.05, 0) is 32.7 Å². The maximum atomic E-state index is 5.72. The van der Waals surface area contributed by atoms with Crippen LogP contribution in [0.3, 0.4) is 0 Å². The fraction of sp³-hybridized carbons (Fsp3) is 0.750. The van der Waals surface area contributed by atoms with Crippen LogP contribution < -0.4 is 11.1 Å². The zero-order valence-electron chi connectivity index (χ0n) is 10.9. The fourth-order valence-corrected chi connectivity index (χ4v) is 2.50. The molecule has 0 fully saturated rings. The highest BCUT2D eigenvalue weighted by Crippen LogP contribution is 2.25. The summed E-state index contributed by atoms with van der Waals surface area (Å²) in [6.45, 7) is 12.3. The Hall–Kier alpha value is -0.450. The number of nitrogens with two attached hydrogens (primary N) is 1. The lowest BCUT2D eigenvalue weighted by molar-refractivity contribution is 0.336. The van der Waals surface area contributed by atoms with Crippen molar-refractivity contribution < 1.29 is 0 Å². The Morgan fingerprint density at radius 2 is 2.06 bits per heavy atom. The van der Waals surface area contributed by atoms with E-state index in [1.54, 1.807) is 11.3 Å². The Bertz CT molecular complexity index is 344. The minimum absolute atomic E-state index is 0.155. The van der Waals surface area contributed by atoms with Crippen molar-refractivity contribution in [3.05, 3.63) is 15.6 Å². The fourth-order valence-electron chi connectivity index (χ4n) is 1.54. The number of thiazole rings is 1. The maximum Gasteiger partial charge on any atom is 0.0900 e. The van der Waals surface area contributed by atoms with Crippen molar-refractivity contribution in [2.75, 3.05) is 13.1 Å². The van der Waals surface area contributed by atoms with Gasteiger partial charge in [0.25, 0.3) is 0 Å². The van der Waals surface area contributed by atoms with E-state index in [9.17, 15) is 0 Å². The molecule has 1 heterocycles. The van der Waals surface area contributed by atoms with Crippen LogP contribution in [-0.4, -0.2) is 18.1 Å². The number of hydrogen-bond acceptors (Lipinski definition) is 4. The highest BCUT2D eigenvalue weighted by molar-refractivity contribution is 7.11. The summed E-state index contributed by atoms with van der Waals surface area (Å²) in [5.74, 6) is 0. The second-order valence-corrected chi connectivity index (χ2v) is 6.39. The summed E-state index contributed by atoms with van der Waals surface area (Å²) < 4.78 is 0. The monoisotopic (exact) mass is 241 g/mol. The molecule has 1 atom stereocenters. The normalized spacial score (nSPS) is 14.1. The second kappa shape index (κ2) is 5.25. The van der Waals surface area contributed by atoms with E-state index in [0.29, 0.717) is 12.6 Å². The summed E-state index contributed by atoms with van der Waals surface area (Å²) in [6.07, 6.45) is 0. The first kappa shape index (κ1) is 13.6. The molecule has 0 aliphatic rings. The zero-order chi connectivity index (χ0) is 12.3. The molecule has 0 saturated carbocycles. The zero-order valence-corrected chi connectivity index (χ0v) is 11.7. The molecule has 16 heavy (non-hydrogen) atoms. The van der Waals surface area contributed by atoms with Gasteiger partial charge in [0.05, 0.1) is 10.7 Å². The van der Waals surface area contributed by atoms with E-state index in [1.165, 1.54) is 4.88 Å². The summed E-state index contributed by atoms with van der Waals surface area (Å²) in [6, 6.07) is 0.358. The van der Waals surface area contributed by atoms with Crippen LogP contribution in [-0.2, 0) is 0 Å². The molecule has 0 radical (unpaired) electrons. The smallest absolute Gasteiger partial charge is 0.0900 e. The van der Waals surface area contributed by atoms with Crippen molar-refractivity contribution in [1.82, 2.24) is 10.3 Å². The SMILES string of the molecule is Cc1nc(C)c(C(C)NCC(C)(C)CN)s1. The van der Waals surface area contributed by atoms with Crippen molar-refractivity contribution in [3.63, 3.8) is 0 Å². The van der Waals surface area contributed by atoms with Crippen LogP contribution in [0.4, 0.5) is 0 Å². The third-order valence-corrected chi connectivity index (χ3v) is 4.03. The van der Waals surface area contributed by atoms with Crippen molar-refractivity contribution in [2.24, 2.45) is 11.1 Å². The Labute approximate surface area is 102 Å². The molecular formula is C12H23N3S. The van der Waals surface area contributed by atoms with Gasteiger partial charge < -0.3 is 11.1 Å². The third kappa shape index (κ3) is 3.54. The van der Waals surface area contributed by atoms with Gasteiger partial charge in [-0.2, -0.15) is 0 Å². The predicted molar refractivity (Wildman–Crippen MR) is 70.8 cm³/mol. The average molecular weight is 241 g/mol. The van der Waals surface area contributed by atoms with Crippen LogP contribution in [0.25, 0.3) is 0 Å². The molecule has 1 aromatic rings. The summed E-state index contributed by atoms with van der Waals surface area (Å²) in [4.78, 5) is 5.79. The predicted octanol–water partition coefficient (Wildman–Crippen LogP) is 2.40. The summed E-state index contributed by atoms with van der Waals surface area (Å²) >= 11 is 1.78. The van der Waals surface area contributed by atoms with Crippen LogP contribution in [0, 0.1) is 19.3 Å². The first-order chi connectivity index (χ1) is 7.35. The van der Waals surface area contributed by atoms with E-state index in [1.807, 2.05) is 0 Å². The molecule has 0 spiro atoms. The Morgan fingerprint density at radius 3 is 2.50 bits per heavy atom. The van der Waals surface area contributed by atoms with Crippen LogP contribution in [0.1, 0.15) is 42.4 Å². The van der Waals surface area contributed by atoms with Crippen LogP contribution in [0.5, 0.6) is 0 Å². The topological polar surface area (TPSA) is 50.9 Å². The molecule has 3 N–H and O–H groups in total. The van der Waals surface area contributed by atoms with Gasteiger partial charge in [0.1, 0.15) is 0 Å². The van der Waals surface area contributed by atoms with Gasteiger partial charge in [-0.15, -0.1) is 11.3 Å².